The first-order chi connectivity index (χ1) is 29.7. The van der Waals surface area contributed by atoms with Gasteiger partial charge in [0.1, 0.15) is 0 Å². The maximum Gasteiger partial charge on any atom is 0.0972 e. The van der Waals surface area contributed by atoms with Crippen LogP contribution < -0.4 is 0 Å². The van der Waals surface area contributed by atoms with Gasteiger partial charge in [-0.15, -0.1) is 0 Å². The van der Waals surface area contributed by atoms with Gasteiger partial charge in [-0.05, 0) is 124 Å². The van der Waals surface area contributed by atoms with Crippen molar-refractivity contribution in [1.82, 2.24) is 9.97 Å². The fourth-order valence-electron chi connectivity index (χ4n) is 9.35. The molecule has 2 heteroatoms. The third-order valence-electron chi connectivity index (χ3n) is 12.2. The molecule has 2 aromatic heterocycles. The first-order valence-electron chi connectivity index (χ1n) is 20.6. The molecule has 60 heavy (non-hydrogen) atoms. The number of rotatable bonds is 5. The number of nitrogens with zero attached hydrogens (tertiary/aromatic N) is 2. The first kappa shape index (κ1) is 34.1. The molecule has 2 nitrogen and oxygen atoms in total. The van der Waals surface area contributed by atoms with Gasteiger partial charge < -0.3 is 0 Å². The summed E-state index contributed by atoms with van der Waals surface area (Å²) in [5.74, 6) is 0. The van der Waals surface area contributed by atoms with Crippen LogP contribution in [-0.4, -0.2) is 9.97 Å². The lowest BCUT2D eigenvalue weighted by Crippen LogP contribution is -1.93. The standard InChI is InChI=1S/C58H36N2/c1-3-14-39-33-44(26-24-37(39)12-1)56-49-20-6-7-21-50(49)57(45-27-25-38-13-2-4-15-40(38)34-45)53-35-43(28-30-51(53)56)41-16-11-17-42(32-41)46-29-31-55(59-36-46)58-52-22-8-5-18-47(52)48-19-9-10-23-54(48)60-58/h1-36H. The Kier molecular flexibility index (Phi) is 7.89. The van der Waals surface area contributed by atoms with Gasteiger partial charge in [0.15, 0.2) is 0 Å². The molecule has 12 aromatic rings. The first-order valence-corrected chi connectivity index (χ1v) is 20.6. The van der Waals surface area contributed by atoms with E-state index >= 15 is 0 Å². The summed E-state index contributed by atoms with van der Waals surface area (Å²) in [6, 6.07) is 77.0. The Balaban J connectivity index is 1.02. The quantitative estimate of drug-likeness (QED) is 0.129. The van der Waals surface area contributed by atoms with Gasteiger partial charge in [-0.2, -0.15) is 0 Å². The van der Waals surface area contributed by atoms with E-state index < -0.39 is 0 Å². The molecule has 0 aliphatic heterocycles. The normalized spacial score (nSPS) is 11.7. The van der Waals surface area contributed by atoms with Crippen LogP contribution >= 0.6 is 0 Å². The van der Waals surface area contributed by atoms with Gasteiger partial charge >= 0.3 is 0 Å². The highest BCUT2D eigenvalue weighted by Crippen LogP contribution is 2.46. The predicted molar refractivity (Wildman–Crippen MR) is 254 cm³/mol. The molecule has 278 valence electrons. The predicted octanol–water partition coefficient (Wildman–Crippen LogP) is 15.7. The summed E-state index contributed by atoms with van der Waals surface area (Å²) in [6.45, 7) is 0. The van der Waals surface area contributed by atoms with Crippen LogP contribution in [0, 0.1) is 0 Å². The van der Waals surface area contributed by atoms with Crippen LogP contribution in [0.15, 0.2) is 219 Å². The Bertz CT molecular complexity index is 3660. The molecule has 0 bridgehead atoms. The highest BCUT2D eigenvalue weighted by molar-refractivity contribution is 6.22. The molecule has 0 spiro atoms. The molecule has 0 aliphatic carbocycles. The van der Waals surface area contributed by atoms with E-state index in [1.165, 1.54) is 76.3 Å². The van der Waals surface area contributed by atoms with E-state index in [9.17, 15) is 0 Å². The van der Waals surface area contributed by atoms with Crippen molar-refractivity contribution >= 4 is 64.8 Å². The topological polar surface area (TPSA) is 25.8 Å². The minimum absolute atomic E-state index is 0.863. The zero-order valence-corrected chi connectivity index (χ0v) is 32.7. The van der Waals surface area contributed by atoms with E-state index in [1.807, 2.05) is 12.3 Å². The second-order valence-corrected chi connectivity index (χ2v) is 15.7. The number of pyridine rings is 2. The van der Waals surface area contributed by atoms with Crippen LogP contribution in [-0.2, 0) is 0 Å². The highest BCUT2D eigenvalue weighted by Gasteiger charge is 2.19. The van der Waals surface area contributed by atoms with Crippen molar-refractivity contribution in [3.63, 3.8) is 0 Å². The monoisotopic (exact) mass is 760 g/mol. The Morgan fingerprint density at radius 2 is 0.767 bits per heavy atom. The average molecular weight is 761 g/mol. The van der Waals surface area contributed by atoms with E-state index in [4.69, 9.17) is 9.97 Å². The lowest BCUT2D eigenvalue weighted by molar-refractivity contribution is 1.29. The van der Waals surface area contributed by atoms with Crippen LogP contribution in [0.1, 0.15) is 0 Å². The molecule has 0 saturated heterocycles. The molecule has 0 N–H and O–H groups in total. The number of para-hydroxylation sites is 1. The van der Waals surface area contributed by atoms with E-state index in [0.29, 0.717) is 0 Å². The number of hydrogen-bond donors (Lipinski definition) is 0. The number of hydrogen-bond acceptors (Lipinski definition) is 2. The third kappa shape index (κ3) is 5.65. The molecule has 0 fully saturated rings. The number of fused-ring (bicyclic) bond motifs is 7. The van der Waals surface area contributed by atoms with E-state index in [-0.39, 0.29) is 0 Å². The minimum Gasteiger partial charge on any atom is -0.254 e. The molecular formula is C58H36N2. The third-order valence-corrected chi connectivity index (χ3v) is 12.2. The summed E-state index contributed by atoms with van der Waals surface area (Å²) in [6.07, 6.45) is 1.99. The van der Waals surface area contributed by atoms with Gasteiger partial charge in [-0.25, -0.2) is 4.98 Å². The van der Waals surface area contributed by atoms with E-state index in [2.05, 4.69) is 206 Å². The number of aromatic nitrogens is 2. The van der Waals surface area contributed by atoms with Gasteiger partial charge in [0.2, 0.25) is 0 Å². The molecular weight excluding hydrogens is 725 g/mol. The molecule has 0 saturated carbocycles. The lowest BCUT2D eigenvalue weighted by atomic mass is 9.84. The molecule has 0 amide bonds. The lowest BCUT2D eigenvalue weighted by Gasteiger charge is -2.19. The SMILES string of the molecule is c1cc(-c2ccc(-c3nc4ccccc4c4ccccc34)nc2)cc(-c2ccc3c(-c4ccc5ccccc5c4)c4ccccc4c(-c4ccc5ccccc5c4)c3c2)c1. The summed E-state index contributed by atoms with van der Waals surface area (Å²) in [4.78, 5) is 10.1. The fraction of sp³-hybridized carbons (Fsp3) is 0. The molecule has 0 unspecified atom stereocenters. The summed E-state index contributed by atoms with van der Waals surface area (Å²) in [7, 11) is 0. The van der Waals surface area contributed by atoms with Gasteiger partial charge in [-0.3, -0.25) is 4.98 Å². The Hall–Kier alpha value is -7.94. The number of benzene rings is 10. The average Bonchev–Trinajstić information content (AvgIpc) is 3.32. The summed E-state index contributed by atoms with van der Waals surface area (Å²) in [5.41, 5.74) is 12.2. The van der Waals surface area contributed by atoms with Crippen LogP contribution in [0.3, 0.4) is 0 Å². The van der Waals surface area contributed by atoms with E-state index in [1.54, 1.807) is 0 Å². The Labute approximate surface area is 347 Å². The molecule has 2 heterocycles. The fourth-order valence-corrected chi connectivity index (χ4v) is 9.35. The Morgan fingerprint density at radius 3 is 1.43 bits per heavy atom. The van der Waals surface area contributed by atoms with Crippen molar-refractivity contribution in [3.8, 4) is 55.9 Å². The van der Waals surface area contributed by atoms with Crippen molar-refractivity contribution in [2.45, 2.75) is 0 Å². The van der Waals surface area contributed by atoms with Gasteiger partial charge in [-0.1, -0.05) is 176 Å². The molecule has 0 atom stereocenters. The van der Waals surface area contributed by atoms with E-state index in [0.717, 1.165) is 44.4 Å². The molecule has 0 aliphatic rings. The smallest absolute Gasteiger partial charge is 0.0972 e. The molecule has 0 radical (unpaired) electrons. The van der Waals surface area contributed by atoms with Crippen molar-refractivity contribution in [2.24, 2.45) is 0 Å². The van der Waals surface area contributed by atoms with Gasteiger partial charge in [0.05, 0.1) is 16.9 Å². The molecule has 10 aromatic carbocycles. The van der Waals surface area contributed by atoms with Crippen molar-refractivity contribution in [3.05, 3.63) is 219 Å². The maximum atomic E-state index is 5.09. The Morgan fingerprint density at radius 1 is 0.267 bits per heavy atom. The van der Waals surface area contributed by atoms with Gasteiger partial charge in [0.25, 0.3) is 0 Å². The highest BCUT2D eigenvalue weighted by atomic mass is 14.8. The minimum atomic E-state index is 0.863. The van der Waals surface area contributed by atoms with Crippen LogP contribution in [0.4, 0.5) is 0 Å². The second kappa shape index (κ2) is 13.9. The summed E-state index contributed by atoms with van der Waals surface area (Å²) >= 11 is 0. The van der Waals surface area contributed by atoms with Crippen LogP contribution in [0.5, 0.6) is 0 Å². The van der Waals surface area contributed by atoms with Crippen LogP contribution in [0.25, 0.3) is 121 Å². The maximum absolute atomic E-state index is 5.09. The largest absolute Gasteiger partial charge is 0.254 e. The zero-order chi connectivity index (χ0) is 39.6. The summed E-state index contributed by atoms with van der Waals surface area (Å²) < 4.78 is 0. The van der Waals surface area contributed by atoms with Gasteiger partial charge in [0, 0.05) is 22.5 Å². The van der Waals surface area contributed by atoms with Crippen LogP contribution in [0.2, 0.25) is 0 Å². The van der Waals surface area contributed by atoms with Crippen molar-refractivity contribution < 1.29 is 0 Å². The summed E-state index contributed by atoms with van der Waals surface area (Å²) in [5, 5.41) is 13.4. The zero-order valence-electron chi connectivity index (χ0n) is 32.7. The van der Waals surface area contributed by atoms with Crippen molar-refractivity contribution in [1.29, 1.82) is 0 Å². The second-order valence-electron chi connectivity index (χ2n) is 15.7. The molecule has 12 rings (SSSR count). The van der Waals surface area contributed by atoms with Crippen molar-refractivity contribution in [2.75, 3.05) is 0 Å².